The quantitative estimate of drug-likeness (QED) is 0.466. The molecule has 5 atom stereocenters. The molecule has 0 aromatic heterocycles. The Hall–Kier alpha value is -0.260. The van der Waals surface area contributed by atoms with Gasteiger partial charge in [-0.25, -0.2) is 0 Å². The Morgan fingerprint density at radius 2 is 1.73 bits per heavy atom. The molecule has 4 bridgehead atoms. The number of hydrogen-bond acceptors (Lipinski definition) is 0. The number of rotatable bonds is 2. The van der Waals surface area contributed by atoms with Crippen molar-refractivity contribution in [3.8, 4) is 0 Å². The van der Waals surface area contributed by atoms with Gasteiger partial charge in [0.05, 0.1) is 0 Å². The Kier molecular flexibility index (Phi) is 1.71. The summed E-state index contributed by atoms with van der Waals surface area (Å²) in [5.74, 6) is 5.37. The smallest absolute Gasteiger partial charge is 0.0163 e. The molecule has 4 aliphatic carbocycles. The summed E-state index contributed by atoms with van der Waals surface area (Å²) in [6, 6.07) is 0. The molecule has 0 amide bonds. The molecule has 4 rings (SSSR count). The molecular formula is C15H22. The van der Waals surface area contributed by atoms with Gasteiger partial charge in [0.15, 0.2) is 0 Å². The summed E-state index contributed by atoms with van der Waals surface area (Å²) in [6.07, 6.45) is 10.7. The Labute approximate surface area is 93.1 Å². The third-order valence-corrected chi connectivity index (χ3v) is 5.84. The molecule has 0 heteroatoms. The lowest BCUT2D eigenvalue weighted by molar-refractivity contribution is 0.365. The lowest BCUT2D eigenvalue weighted by Crippen LogP contribution is -2.18. The van der Waals surface area contributed by atoms with Crippen LogP contribution in [0.2, 0.25) is 0 Å². The summed E-state index contributed by atoms with van der Waals surface area (Å²) in [6.45, 7) is 2.36. The molecule has 82 valence electrons. The van der Waals surface area contributed by atoms with Gasteiger partial charge in [0.2, 0.25) is 0 Å². The zero-order chi connectivity index (χ0) is 9.99. The molecule has 5 unspecified atom stereocenters. The average molecular weight is 202 g/mol. The largest absolute Gasteiger partial charge is 0.0654 e. The van der Waals surface area contributed by atoms with Gasteiger partial charge in [0, 0.05) is 0 Å². The van der Waals surface area contributed by atoms with Gasteiger partial charge in [-0.2, -0.15) is 0 Å². The predicted molar refractivity (Wildman–Crippen MR) is 62.5 cm³/mol. The van der Waals surface area contributed by atoms with Crippen LogP contribution in [-0.4, -0.2) is 0 Å². The molecule has 0 heterocycles. The summed E-state index contributed by atoms with van der Waals surface area (Å²) < 4.78 is 0. The summed E-state index contributed by atoms with van der Waals surface area (Å²) in [7, 11) is 0. The highest BCUT2D eigenvalue weighted by Gasteiger charge is 2.54. The first-order valence-corrected chi connectivity index (χ1v) is 7.12. The molecule has 2 saturated carbocycles. The zero-order valence-corrected chi connectivity index (χ0v) is 9.84. The van der Waals surface area contributed by atoms with Crippen LogP contribution in [0.15, 0.2) is 11.1 Å². The van der Waals surface area contributed by atoms with Crippen LogP contribution in [0.5, 0.6) is 0 Å². The maximum atomic E-state index is 2.36. The van der Waals surface area contributed by atoms with Gasteiger partial charge in [0.25, 0.3) is 0 Å². The highest BCUT2D eigenvalue weighted by Crippen LogP contribution is 2.65. The highest BCUT2D eigenvalue weighted by molar-refractivity contribution is 5.40. The minimum Gasteiger partial charge on any atom is -0.0654 e. The number of fused-ring (bicyclic) bond motifs is 8. The van der Waals surface area contributed by atoms with Crippen LogP contribution in [0, 0.1) is 29.6 Å². The first kappa shape index (κ1) is 8.84. The van der Waals surface area contributed by atoms with Crippen molar-refractivity contribution < 1.29 is 0 Å². The van der Waals surface area contributed by atoms with Crippen LogP contribution in [0.4, 0.5) is 0 Å². The van der Waals surface area contributed by atoms with E-state index in [9.17, 15) is 0 Å². The number of hydrogen-bond donors (Lipinski definition) is 0. The third kappa shape index (κ3) is 0.990. The van der Waals surface area contributed by atoms with Gasteiger partial charge in [-0.15, -0.1) is 0 Å². The molecule has 0 spiro atoms. The van der Waals surface area contributed by atoms with Crippen molar-refractivity contribution in [2.45, 2.75) is 51.9 Å². The standard InChI is InChI=1S/C15H22/c1-2-3-9-6-12-8-13(9)15-11-5-4-10(7-11)14(12)15/h9-13H,2-8H2,1H3. The molecular weight excluding hydrogens is 180 g/mol. The van der Waals surface area contributed by atoms with E-state index in [2.05, 4.69) is 6.92 Å². The minimum atomic E-state index is 1.07. The maximum absolute atomic E-state index is 2.36. The first-order valence-electron chi connectivity index (χ1n) is 7.12. The van der Waals surface area contributed by atoms with Crippen molar-refractivity contribution in [1.82, 2.24) is 0 Å². The van der Waals surface area contributed by atoms with E-state index in [1.807, 2.05) is 11.1 Å². The van der Waals surface area contributed by atoms with Gasteiger partial charge in [-0.05, 0) is 61.7 Å². The van der Waals surface area contributed by atoms with E-state index in [1.165, 1.54) is 12.8 Å². The van der Waals surface area contributed by atoms with Crippen molar-refractivity contribution in [1.29, 1.82) is 0 Å². The zero-order valence-electron chi connectivity index (χ0n) is 9.84. The molecule has 0 aliphatic heterocycles. The van der Waals surface area contributed by atoms with Crippen molar-refractivity contribution in [2.24, 2.45) is 29.6 Å². The van der Waals surface area contributed by atoms with E-state index >= 15 is 0 Å². The number of allylic oxidation sites excluding steroid dienone is 2. The van der Waals surface area contributed by atoms with Gasteiger partial charge in [-0.3, -0.25) is 0 Å². The van der Waals surface area contributed by atoms with Crippen LogP contribution >= 0.6 is 0 Å². The fourth-order valence-corrected chi connectivity index (χ4v) is 5.55. The van der Waals surface area contributed by atoms with Gasteiger partial charge >= 0.3 is 0 Å². The van der Waals surface area contributed by atoms with E-state index in [-0.39, 0.29) is 0 Å². The van der Waals surface area contributed by atoms with Crippen molar-refractivity contribution in [3.63, 3.8) is 0 Å². The summed E-state index contributed by atoms with van der Waals surface area (Å²) in [5.41, 5.74) is 4.05. The Bertz CT molecular complexity index is 325. The summed E-state index contributed by atoms with van der Waals surface area (Å²) in [5, 5.41) is 0. The van der Waals surface area contributed by atoms with Crippen LogP contribution in [0.3, 0.4) is 0 Å². The molecule has 0 radical (unpaired) electrons. The van der Waals surface area contributed by atoms with E-state index in [4.69, 9.17) is 0 Å². The third-order valence-electron chi connectivity index (χ3n) is 5.84. The SMILES string of the molecule is CCCC1CC2CC1C1=C2C2CCC1C2. The molecule has 0 saturated heterocycles. The average Bonchev–Trinajstić information content (AvgIpc) is 2.95. The van der Waals surface area contributed by atoms with Gasteiger partial charge < -0.3 is 0 Å². The van der Waals surface area contributed by atoms with E-state index < -0.39 is 0 Å². The van der Waals surface area contributed by atoms with Crippen molar-refractivity contribution in [3.05, 3.63) is 11.1 Å². The van der Waals surface area contributed by atoms with Crippen LogP contribution < -0.4 is 0 Å². The van der Waals surface area contributed by atoms with E-state index in [0.29, 0.717) is 0 Å². The molecule has 0 nitrogen and oxygen atoms in total. The minimum absolute atomic E-state index is 1.07. The second-order valence-electron chi connectivity index (χ2n) is 6.44. The van der Waals surface area contributed by atoms with Crippen molar-refractivity contribution in [2.75, 3.05) is 0 Å². The summed E-state index contributed by atoms with van der Waals surface area (Å²) >= 11 is 0. The van der Waals surface area contributed by atoms with Gasteiger partial charge in [0.1, 0.15) is 0 Å². The highest BCUT2D eigenvalue weighted by atomic mass is 14.6. The molecule has 0 aromatic rings. The monoisotopic (exact) mass is 202 g/mol. The Morgan fingerprint density at radius 1 is 0.933 bits per heavy atom. The van der Waals surface area contributed by atoms with E-state index in [1.54, 1.807) is 32.1 Å². The van der Waals surface area contributed by atoms with Crippen LogP contribution in [-0.2, 0) is 0 Å². The fraction of sp³-hybridized carbons (Fsp3) is 0.867. The first-order chi connectivity index (χ1) is 7.38. The molecule has 0 N–H and O–H groups in total. The molecule has 0 aromatic carbocycles. The normalized spacial score (nSPS) is 50.6. The fourth-order valence-electron chi connectivity index (χ4n) is 5.55. The van der Waals surface area contributed by atoms with Crippen LogP contribution in [0.25, 0.3) is 0 Å². The topological polar surface area (TPSA) is 0 Å². The summed E-state index contributed by atoms with van der Waals surface area (Å²) in [4.78, 5) is 0. The lowest BCUT2D eigenvalue weighted by atomic mass is 9.76. The Morgan fingerprint density at radius 3 is 2.53 bits per heavy atom. The van der Waals surface area contributed by atoms with Crippen LogP contribution in [0.1, 0.15) is 51.9 Å². The van der Waals surface area contributed by atoms with Crippen molar-refractivity contribution >= 4 is 0 Å². The second-order valence-corrected chi connectivity index (χ2v) is 6.44. The predicted octanol–water partition coefficient (Wildman–Crippen LogP) is 4.17. The lowest BCUT2D eigenvalue weighted by Gasteiger charge is -2.29. The second kappa shape index (κ2) is 2.90. The Balaban J connectivity index is 1.69. The molecule has 4 aliphatic rings. The molecule has 2 fully saturated rings. The molecule has 15 heavy (non-hydrogen) atoms. The van der Waals surface area contributed by atoms with E-state index in [0.717, 1.165) is 29.6 Å². The van der Waals surface area contributed by atoms with Gasteiger partial charge in [-0.1, -0.05) is 30.9 Å². The maximum Gasteiger partial charge on any atom is -0.0163 e.